The van der Waals surface area contributed by atoms with Gasteiger partial charge in [0, 0.05) is 7.05 Å². The standard InChI is InChI=1S/C18H17FN2O3/c1-21(16-13(17(20)22)6-4-7-14(16)19)18(23)12-9-11-5-2-3-8-15(11)24-10-12/h2-8,12H,9-10H2,1H3,(H2,20,22). The quantitative estimate of drug-likeness (QED) is 0.938. The Kier molecular flexibility index (Phi) is 4.20. The number of carbonyl (C=O) groups excluding carboxylic acids is 2. The number of nitrogens with zero attached hydrogens (tertiary/aromatic N) is 1. The fourth-order valence-corrected chi connectivity index (χ4v) is 2.93. The summed E-state index contributed by atoms with van der Waals surface area (Å²) < 4.78 is 19.8. The van der Waals surface area contributed by atoms with Crippen molar-refractivity contribution in [1.82, 2.24) is 0 Å². The van der Waals surface area contributed by atoms with Crippen molar-refractivity contribution >= 4 is 17.5 Å². The van der Waals surface area contributed by atoms with Crippen molar-refractivity contribution in [3.63, 3.8) is 0 Å². The van der Waals surface area contributed by atoms with E-state index in [9.17, 15) is 14.0 Å². The van der Waals surface area contributed by atoms with E-state index in [0.717, 1.165) is 16.2 Å². The number of hydrogen-bond acceptors (Lipinski definition) is 3. The van der Waals surface area contributed by atoms with Crippen LogP contribution in [-0.2, 0) is 11.2 Å². The minimum Gasteiger partial charge on any atom is -0.492 e. The maximum atomic E-state index is 14.2. The predicted octanol–water partition coefficient (Wildman–Crippen LogP) is 2.14. The first-order valence-corrected chi connectivity index (χ1v) is 7.55. The molecule has 6 heteroatoms. The molecule has 2 amide bonds. The Balaban J connectivity index is 1.88. The first-order chi connectivity index (χ1) is 11.5. The van der Waals surface area contributed by atoms with Crippen molar-refractivity contribution in [2.24, 2.45) is 11.7 Å². The molecule has 1 aliphatic rings. The number of fused-ring (bicyclic) bond motifs is 1. The first-order valence-electron chi connectivity index (χ1n) is 7.55. The average Bonchev–Trinajstić information content (AvgIpc) is 2.59. The zero-order valence-electron chi connectivity index (χ0n) is 13.2. The zero-order valence-corrected chi connectivity index (χ0v) is 13.2. The van der Waals surface area contributed by atoms with Crippen LogP contribution in [0, 0.1) is 11.7 Å². The smallest absolute Gasteiger partial charge is 0.250 e. The number of carbonyl (C=O) groups is 2. The molecular formula is C18H17FN2O3. The molecule has 0 fully saturated rings. The second-order valence-corrected chi connectivity index (χ2v) is 5.72. The van der Waals surface area contributed by atoms with Crippen LogP contribution < -0.4 is 15.4 Å². The Morgan fingerprint density at radius 2 is 1.96 bits per heavy atom. The van der Waals surface area contributed by atoms with Crippen molar-refractivity contribution in [3.8, 4) is 5.75 Å². The summed E-state index contributed by atoms with van der Waals surface area (Å²) in [6.07, 6.45) is 0.500. The van der Waals surface area contributed by atoms with Crippen molar-refractivity contribution in [3.05, 3.63) is 59.4 Å². The van der Waals surface area contributed by atoms with E-state index in [1.165, 1.54) is 25.2 Å². The summed E-state index contributed by atoms with van der Waals surface area (Å²) in [5.74, 6) is -1.47. The number of ether oxygens (including phenoxy) is 1. The number of rotatable bonds is 3. The van der Waals surface area contributed by atoms with Crippen LogP contribution in [0.3, 0.4) is 0 Å². The van der Waals surface area contributed by atoms with Crippen LogP contribution in [-0.4, -0.2) is 25.5 Å². The topological polar surface area (TPSA) is 72.6 Å². The van der Waals surface area contributed by atoms with Crippen LogP contribution in [0.4, 0.5) is 10.1 Å². The molecule has 0 radical (unpaired) electrons. The van der Waals surface area contributed by atoms with Gasteiger partial charge >= 0.3 is 0 Å². The second-order valence-electron chi connectivity index (χ2n) is 5.72. The van der Waals surface area contributed by atoms with Gasteiger partial charge in [0.15, 0.2) is 0 Å². The third kappa shape index (κ3) is 2.82. The van der Waals surface area contributed by atoms with Crippen LogP contribution in [0.15, 0.2) is 42.5 Å². The average molecular weight is 328 g/mol. The molecule has 0 spiro atoms. The van der Waals surface area contributed by atoms with Gasteiger partial charge in [0.1, 0.15) is 18.2 Å². The van der Waals surface area contributed by atoms with Crippen molar-refractivity contribution in [2.45, 2.75) is 6.42 Å². The van der Waals surface area contributed by atoms with Crippen molar-refractivity contribution < 1.29 is 18.7 Å². The Bertz CT molecular complexity index is 807. The monoisotopic (exact) mass is 328 g/mol. The van der Waals surface area contributed by atoms with E-state index in [-0.39, 0.29) is 23.8 Å². The van der Waals surface area contributed by atoms with E-state index in [0.29, 0.717) is 6.42 Å². The number of halogens is 1. The summed E-state index contributed by atoms with van der Waals surface area (Å²) in [5, 5.41) is 0. The van der Waals surface area contributed by atoms with Crippen LogP contribution in [0.25, 0.3) is 0 Å². The van der Waals surface area contributed by atoms with Gasteiger partial charge in [-0.15, -0.1) is 0 Å². The molecule has 5 nitrogen and oxygen atoms in total. The summed E-state index contributed by atoms with van der Waals surface area (Å²) in [7, 11) is 1.44. The molecule has 2 N–H and O–H groups in total. The number of benzene rings is 2. The lowest BCUT2D eigenvalue weighted by atomic mass is 9.95. The molecule has 0 saturated heterocycles. The van der Waals surface area contributed by atoms with Gasteiger partial charge in [-0.05, 0) is 30.2 Å². The van der Waals surface area contributed by atoms with Crippen LogP contribution in [0.2, 0.25) is 0 Å². The molecule has 124 valence electrons. The zero-order chi connectivity index (χ0) is 17.3. The fourth-order valence-electron chi connectivity index (χ4n) is 2.93. The van der Waals surface area contributed by atoms with Gasteiger partial charge in [-0.2, -0.15) is 0 Å². The molecule has 2 aromatic rings. The van der Waals surface area contributed by atoms with Crippen molar-refractivity contribution in [1.29, 1.82) is 0 Å². The van der Waals surface area contributed by atoms with Gasteiger partial charge in [0.25, 0.3) is 5.91 Å². The largest absolute Gasteiger partial charge is 0.492 e. The first kappa shape index (κ1) is 16.0. The molecule has 1 heterocycles. The fraction of sp³-hybridized carbons (Fsp3) is 0.222. The Morgan fingerprint density at radius 1 is 1.21 bits per heavy atom. The highest BCUT2D eigenvalue weighted by Crippen LogP contribution is 2.30. The number of amides is 2. The minimum atomic E-state index is -0.783. The summed E-state index contributed by atoms with van der Waals surface area (Å²) in [6.45, 7) is 0.209. The second kappa shape index (κ2) is 6.31. The summed E-state index contributed by atoms with van der Waals surface area (Å²) >= 11 is 0. The summed E-state index contributed by atoms with van der Waals surface area (Å²) in [6, 6.07) is 11.5. The van der Waals surface area contributed by atoms with Crippen LogP contribution in [0.1, 0.15) is 15.9 Å². The molecule has 0 saturated carbocycles. The van der Waals surface area contributed by atoms with E-state index in [4.69, 9.17) is 10.5 Å². The van der Waals surface area contributed by atoms with E-state index < -0.39 is 17.6 Å². The van der Waals surface area contributed by atoms with Crippen molar-refractivity contribution in [2.75, 3.05) is 18.6 Å². The molecule has 1 aliphatic heterocycles. The Hall–Kier alpha value is -2.89. The lowest BCUT2D eigenvalue weighted by Crippen LogP contribution is -2.40. The maximum absolute atomic E-state index is 14.2. The number of para-hydroxylation sites is 2. The van der Waals surface area contributed by atoms with E-state index in [1.54, 1.807) is 0 Å². The van der Waals surface area contributed by atoms with Gasteiger partial charge < -0.3 is 15.4 Å². The molecule has 2 aromatic carbocycles. The SMILES string of the molecule is CN(C(=O)C1COc2ccccc2C1)c1c(F)cccc1C(N)=O. The molecule has 1 unspecified atom stereocenters. The molecule has 0 aromatic heterocycles. The van der Waals surface area contributed by atoms with E-state index in [2.05, 4.69) is 0 Å². The van der Waals surface area contributed by atoms with Gasteiger partial charge in [0.05, 0.1) is 17.2 Å². The molecule has 0 aliphatic carbocycles. The molecule has 1 atom stereocenters. The minimum absolute atomic E-state index is 0.0250. The number of anilines is 1. The van der Waals surface area contributed by atoms with Gasteiger partial charge in [-0.25, -0.2) is 4.39 Å². The van der Waals surface area contributed by atoms with Crippen LogP contribution >= 0.6 is 0 Å². The van der Waals surface area contributed by atoms with E-state index >= 15 is 0 Å². The van der Waals surface area contributed by atoms with Gasteiger partial charge in [-0.1, -0.05) is 24.3 Å². The predicted molar refractivity (Wildman–Crippen MR) is 87.5 cm³/mol. The Labute approximate surface area is 138 Å². The normalized spacial score (nSPS) is 16.0. The molecule has 3 rings (SSSR count). The highest BCUT2D eigenvalue weighted by Gasteiger charge is 2.31. The number of primary amides is 1. The van der Waals surface area contributed by atoms with Gasteiger partial charge in [-0.3, -0.25) is 9.59 Å². The summed E-state index contributed by atoms with van der Waals surface area (Å²) in [4.78, 5) is 25.4. The molecule has 0 bridgehead atoms. The third-order valence-electron chi connectivity index (χ3n) is 4.15. The highest BCUT2D eigenvalue weighted by atomic mass is 19.1. The maximum Gasteiger partial charge on any atom is 0.250 e. The lowest BCUT2D eigenvalue weighted by Gasteiger charge is -2.29. The van der Waals surface area contributed by atoms with Gasteiger partial charge in [0.2, 0.25) is 5.91 Å². The molecule has 24 heavy (non-hydrogen) atoms. The number of hydrogen-bond donors (Lipinski definition) is 1. The van der Waals surface area contributed by atoms with Crippen LogP contribution in [0.5, 0.6) is 5.75 Å². The number of nitrogens with two attached hydrogens (primary N) is 1. The molecular weight excluding hydrogens is 311 g/mol. The third-order valence-corrected chi connectivity index (χ3v) is 4.15. The lowest BCUT2D eigenvalue weighted by molar-refractivity contribution is -0.123. The summed E-state index contributed by atoms with van der Waals surface area (Å²) in [5.41, 5.74) is 6.10. The van der Waals surface area contributed by atoms with E-state index in [1.807, 2.05) is 24.3 Å². The highest BCUT2D eigenvalue weighted by molar-refractivity contribution is 6.04. The Morgan fingerprint density at radius 3 is 2.71 bits per heavy atom.